The molecule has 0 amide bonds. The van der Waals surface area contributed by atoms with Crippen LogP contribution >= 0.6 is 0 Å². The second-order valence-electron chi connectivity index (χ2n) is 6.86. The molecule has 144 valence electrons. The minimum Gasteiger partial charge on any atom is -0.392 e. The molecule has 0 aromatic heterocycles. The van der Waals surface area contributed by atoms with E-state index in [-0.39, 0.29) is 6.61 Å². The Kier molecular flexibility index (Phi) is 7.11. The third kappa shape index (κ3) is 5.47. The fourth-order valence-corrected chi connectivity index (χ4v) is 3.46. The highest BCUT2D eigenvalue weighted by molar-refractivity contribution is 5.80. The summed E-state index contributed by atoms with van der Waals surface area (Å²) < 4.78 is 0. The number of para-hydroxylation sites is 1. The SMILES string of the molecule is CCNC(=NCc1ccccc1CO)NC1CCN(c2ccccc2)CC1. The van der Waals surface area contributed by atoms with Crippen molar-refractivity contribution < 1.29 is 5.11 Å². The van der Waals surface area contributed by atoms with E-state index in [1.165, 1.54) is 5.69 Å². The number of aliphatic hydroxyl groups is 1. The Hall–Kier alpha value is -2.53. The zero-order valence-electron chi connectivity index (χ0n) is 16.1. The zero-order valence-corrected chi connectivity index (χ0v) is 16.1. The number of hydrogen-bond acceptors (Lipinski definition) is 3. The fraction of sp³-hybridized carbons (Fsp3) is 0.409. The number of aliphatic imine (C=N–C) groups is 1. The number of benzene rings is 2. The Morgan fingerprint density at radius 2 is 1.70 bits per heavy atom. The maximum Gasteiger partial charge on any atom is 0.191 e. The number of guanidine groups is 1. The lowest BCUT2D eigenvalue weighted by Gasteiger charge is -2.34. The summed E-state index contributed by atoms with van der Waals surface area (Å²) in [7, 11) is 0. The number of rotatable bonds is 6. The molecule has 0 aliphatic carbocycles. The minimum absolute atomic E-state index is 0.0492. The molecule has 1 aliphatic heterocycles. The third-order valence-corrected chi connectivity index (χ3v) is 5.00. The maximum absolute atomic E-state index is 9.48. The lowest BCUT2D eigenvalue weighted by molar-refractivity contribution is 0.280. The first kappa shape index (κ1) is 19.2. The van der Waals surface area contributed by atoms with Crippen LogP contribution in [0.3, 0.4) is 0 Å². The summed E-state index contributed by atoms with van der Waals surface area (Å²) >= 11 is 0. The monoisotopic (exact) mass is 366 g/mol. The molecule has 0 atom stereocenters. The number of nitrogens with zero attached hydrogens (tertiary/aromatic N) is 2. The van der Waals surface area contributed by atoms with Crippen molar-refractivity contribution in [2.75, 3.05) is 24.5 Å². The van der Waals surface area contributed by atoms with Gasteiger partial charge in [-0.05, 0) is 43.0 Å². The standard InChI is InChI=1S/C22H30N4O/c1-2-23-22(24-16-18-8-6-7-9-19(18)17-27)25-20-12-14-26(15-13-20)21-10-4-3-5-11-21/h3-11,20,27H,2,12-17H2,1H3,(H2,23,24,25). The molecule has 1 fully saturated rings. The largest absolute Gasteiger partial charge is 0.392 e. The van der Waals surface area contributed by atoms with E-state index in [0.717, 1.165) is 49.6 Å². The normalized spacial score (nSPS) is 15.6. The molecule has 1 saturated heterocycles. The van der Waals surface area contributed by atoms with E-state index in [4.69, 9.17) is 4.99 Å². The molecule has 1 heterocycles. The van der Waals surface area contributed by atoms with Crippen molar-refractivity contribution in [3.8, 4) is 0 Å². The van der Waals surface area contributed by atoms with Crippen molar-refractivity contribution >= 4 is 11.6 Å². The van der Waals surface area contributed by atoms with Crippen molar-refractivity contribution in [3.05, 3.63) is 65.7 Å². The molecule has 0 spiro atoms. The summed E-state index contributed by atoms with van der Waals surface area (Å²) in [5, 5.41) is 16.4. The summed E-state index contributed by atoms with van der Waals surface area (Å²) in [5.41, 5.74) is 3.31. The van der Waals surface area contributed by atoms with Crippen LogP contribution in [0.15, 0.2) is 59.6 Å². The van der Waals surface area contributed by atoms with Crippen LogP contribution in [0.5, 0.6) is 0 Å². The molecule has 2 aromatic carbocycles. The van der Waals surface area contributed by atoms with Gasteiger partial charge in [0.2, 0.25) is 0 Å². The van der Waals surface area contributed by atoms with Crippen LogP contribution in [0, 0.1) is 0 Å². The Bertz CT molecular complexity index is 724. The van der Waals surface area contributed by atoms with E-state index in [1.54, 1.807) is 0 Å². The Balaban J connectivity index is 1.57. The molecule has 2 aromatic rings. The summed E-state index contributed by atoms with van der Waals surface area (Å²) in [6.07, 6.45) is 2.18. The van der Waals surface area contributed by atoms with E-state index >= 15 is 0 Å². The van der Waals surface area contributed by atoms with Crippen molar-refractivity contribution in [1.82, 2.24) is 10.6 Å². The van der Waals surface area contributed by atoms with Gasteiger partial charge in [-0.15, -0.1) is 0 Å². The van der Waals surface area contributed by atoms with Crippen LogP contribution in [-0.2, 0) is 13.2 Å². The van der Waals surface area contributed by atoms with Crippen molar-refractivity contribution in [1.29, 1.82) is 0 Å². The highest BCUT2D eigenvalue weighted by atomic mass is 16.3. The Labute approximate surface area is 162 Å². The molecular formula is C22H30N4O. The van der Waals surface area contributed by atoms with Gasteiger partial charge in [-0.3, -0.25) is 0 Å². The number of piperidine rings is 1. The van der Waals surface area contributed by atoms with Crippen LogP contribution in [0.1, 0.15) is 30.9 Å². The van der Waals surface area contributed by atoms with Crippen LogP contribution in [-0.4, -0.2) is 36.7 Å². The van der Waals surface area contributed by atoms with Crippen molar-refractivity contribution in [2.24, 2.45) is 4.99 Å². The summed E-state index contributed by atoms with van der Waals surface area (Å²) in [5.74, 6) is 0.850. The van der Waals surface area contributed by atoms with Crippen molar-refractivity contribution in [2.45, 2.75) is 39.0 Å². The van der Waals surface area contributed by atoms with Crippen molar-refractivity contribution in [3.63, 3.8) is 0 Å². The predicted octanol–water partition coefficient (Wildman–Crippen LogP) is 2.90. The lowest BCUT2D eigenvalue weighted by Crippen LogP contribution is -2.48. The van der Waals surface area contributed by atoms with Gasteiger partial charge in [0.05, 0.1) is 13.2 Å². The Morgan fingerprint density at radius 1 is 1.04 bits per heavy atom. The van der Waals surface area contributed by atoms with Gasteiger partial charge in [-0.2, -0.15) is 0 Å². The molecule has 3 N–H and O–H groups in total. The smallest absolute Gasteiger partial charge is 0.191 e. The van der Waals surface area contributed by atoms with Gasteiger partial charge in [0.15, 0.2) is 5.96 Å². The second kappa shape index (κ2) is 9.97. The summed E-state index contributed by atoms with van der Waals surface area (Å²) in [6, 6.07) is 18.9. The van der Waals surface area contributed by atoms with Gasteiger partial charge >= 0.3 is 0 Å². The molecule has 0 unspecified atom stereocenters. The molecule has 1 aliphatic rings. The van der Waals surface area contributed by atoms with Gasteiger partial charge < -0.3 is 20.6 Å². The molecule has 27 heavy (non-hydrogen) atoms. The molecule has 5 heteroatoms. The number of anilines is 1. The maximum atomic E-state index is 9.48. The summed E-state index contributed by atoms with van der Waals surface area (Å²) in [4.78, 5) is 7.18. The van der Waals surface area contributed by atoms with Gasteiger partial charge in [0.1, 0.15) is 0 Å². The average molecular weight is 367 g/mol. The van der Waals surface area contributed by atoms with E-state index in [2.05, 4.69) is 52.8 Å². The van der Waals surface area contributed by atoms with E-state index in [1.807, 2.05) is 24.3 Å². The first-order valence-corrected chi connectivity index (χ1v) is 9.82. The molecular weight excluding hydrogens is 336 g/mol. The lowest BCUT2D eigenvalue weighted by atomic mass is 10.0. The topological polar surface area (TPSA) is 59.9 Å². The highest BCUT2D eigenvalue weighted by Crippen LogP contribution is 2.19. The Morgan fingerprint density at radius 3 is 2.37 bits per heavy atom. The number of aliphatic hydroxyl groups excluding tert-OH is 1. The van der Waals surface area contributed by atoms with Gasteiger partial charge in [-0.25, -0.2) is 4.99 Å². The van der Waals surface area contributed by atoms with Crippen LogP contribution in [0.25, 0.3) is 0 Å². The first-order valence-electron chi connectivity index (χ1n) is 9.82. The highest BCUT2D eigenvalue weighted by Gasteiger charge is 2.20. The fourth-order valence-electron chi connectivity index (χ4n) is 3.46. The van der Waals surface area contributed by atoms with Gasteiger partial charge in [0, 0.05) is 31.4 Å². The van der Waals surface area contributed by atoms with E-state index in [0.29, 0.717) is 12.6 Å². The number of nitrogens with one attached hydrogen (secondary N) is 2. The van der Waals surface area contributed by atoms with Gasteiger partial charge in [-0.1, -0.05) is 42.5 Å². The first-order chi connectivity index (χ1) is 13.3. The zero-order chi connectivity index (χ0) is 18.9. The van der Waals surface area contributed by atoms with E-state index in [9.17, 15) is 5.11 Å². The minimum atomic E-state index is 0.0492. The van der Waals surface area contributed by atoms with Crippen LogP contribution in [0.2, 0.25) is 0 Å². The van der Waals surface area contributed by atoms with E-state index < -0.39 is 0 Å². The quantitative estimate of drug-likeness (QED) is 0.543. The number of hydrogen-bond donors (Lipinski definition) is 3. The summed E-state index contributed by atoms with van der Waals surface area (Å²) in [6.45, 7) is 5.62. The van der Waals surface area contributed by atoms with Crippen LogP contribution in [0.4, 0.5) is 5.69 Å². The average Bonchev–Trinajstić information content (AvgIpc) is 2.73. The predicted molar refractivity (Wildman–Crippen MR) is 112 cm³/mol. The molecule has 5 nitrogen and oxygen atoms in total. The second-order valence-corrected chi connectivity index (χ2v) is 6.86. The molecule has 0 saturated carbocycles. The third-order valence-electron chi connectivity index (χ3n) is 5.00. The van der Waals surface area contributed by atoms with Crippen LogP contribution < -0.4 is 15.5 Å². The molecule has 3 rings (SSSR count). The van der Waals surface area contributed by atoms with Gasteiger partial charge in [0.25, 0.3) is 0 Å². The molecule has 0 radical (unpaired) electrons. The molecule has 0 bridgehead atoms.